The summed E-state index contributed by atoms with van der Waals surface area (Å²) in [6.07, 6.45) is 4.20. The molecule has 2 aromatic rings. The summed E-state index contributed by atoms with van der Waals surface area (Å²) in [5, 5.41) is 7.83. The number of aromatic amines is 1. The maximum absolute atomic E-state index is 12.7. The number of amides is 1. The predicted molar refractivity (Wildman–Crippen MR) is 94.8 cm³/mol. The summed E-state index contributed by atoms with van der Waals surface area (Å²) in [4.78, 5) is 14.6. The lowest BCUT2D eigenvalue weighted by molar-refractivity contribution is 0.0745. The van der Waals surface area contributed by atoms with Crippen LogP contribution >= 0.6 is 11.6 Å². The fraction of sp³-hybridized carbons (Fsp3) is 0.444. The third kappa shape index (κ3) is 4.83. The number of halogens is 1. The molecule has 23 heavy (non-hydrogen) atoms. The van der Waals surface area contributed by atoms with Gasteiger partial charge in [-0.25, -0.2) is 0 Å². The summed E-state index contributed by atoms with van der Waals surface area (Å²) >= 11 is 5.90. The summed E-state index contributed by atoms with van der Waals surface area (Å²) in [5.74, 6) is 0.0274. The standard InChI is InChI=1S/C18H24ClN3O/c1-3-5-11-22(12-6-4-2)18(23)17-13-16(20-21-17)14-7-9-15(19)10-8-14/h7-10,13H,3-6,11-12H2,1-2H3,(H,20,21). The van der Waals surface area contributed by atoms with Crippen LogP contribution in [-0.4, -0.2) is 34.1 Å². The van der Waals surface area contributed by atoms with E-state index in [1.807, 2.05) is 35.2 Å². The van der Waals surface area contributed by atoms with Crippen molar-refractivity contribution in [1.82, 2.24) is 15.1 Å². The van der Waals surface area contributed by atoms with Crippen molar-refractivity contribution in [2.75, 3.05) is 13.1 Å². The van der Waals surface area contributed by atoms with Crippen molar-refractivity contribution in [2.45, 2.75) is 39.5 Å². The first-order chi connectivity index (χ1) is 11.2. The summed E-state index contributed by atoms with van der Waals surface area (Å²) in [6, 6.07) is 9.26. The molecule has 1 aromatic heterocycles. The van der Waals surface area contributed by atoms with Crippen LogP contribution in [0.4, 0.5) is 0 Å². The number of carbonyl (C=O) groups is 1. The lowest BCUT2D eigenvalue weighted by Gasteiger charge is -2.21. The molecule has 1 amide bonds. The normalized spacial score (nSPS) is 10.7. The molecule has 124 valence electrons. The van der Waals surface area contributed by atoms with Gasteiger partial charge in [-0.3, -0.25) is 9.89 Å². The first-order valence-electron chi connectivity index (χ1n) is 8.26. The Balaban J connectivity index is 2.12. The van der Waals surface area contributed by atoms with Gasteiger partial charge in [0.25, 0.3) is 5.91 Å². The summed E-state index contributed by atoms with van der Waals surface area (Å²) in [6.45, 7) is 5.86. The van der Waals surface area contributed by atoms with Crippen molar-refractivity contribution in [2.24, 2.45) is 0 Å². The van der Waals surface area contributed by atoms with Crippen LogP contribution in [0.5, 0.6) is 0 Å². The minimum atomic E-state index is 0.0274. The minimum Gasteiger partial charge on any atom is -0.337 e. The minimum absolute atomic E-state index is 0.0274. The lowest BCUT2D eigenvalue weighted by Crippen LogP contribution is -2.33. The zero-order chi connectivity index (χ0) is 16.7. The van der Waals surface area contributed by atoms with E-state index in [1.54, 1.807) is 0 Å². The lowest BCUT2D eigenvalue weighted by atomic mass is 10.1. The van der Waals surface area contributed by atoms with E-state index in [0.29, 0.717) is 10.7 Å². The highest BCUT2D eigenvalue weighted by Gasteiger charge is 2.17. The molecular weight excluding hydrogens is 310 g/mol. The van der Waals surface area contributed by atoms with Crippen molar-refractivity contribution < 1.29 is 4.79 Å². The van der Waals surface area contributed by atoms with Crippen molar-refractivity contribution in [1.29, 1.82) is 0 Å². The van der Waals surface area contributed by atoms with E-state index in [-0.39, 0.29) is 5.91 Å². The third-order valence-corrected chi connectivity index (χ3v) is 4.05. The van der Waals surface area contributed by atoms with Gasteiger partial charge in [0.05, 0.1) is 5.69 Å². The molecule has 0 spiro atoms. The highest BCUT2D eigenvalue weighted by molar-refractivity contribution is 6.30. The topological polar surface area (TPSA) is 49.0 Å². The van der Waals surface area contributed by atoms with E-state index in [2.05, 4.69) is 24.0 Å². The van der Waals surface area contributed by atoms with E-state index < -0.39 is 0 Å². The molecule has 0 aliphatic heterocycles. The Hall–Kier alpha value is -1.81. The van der Waals surface area contributed by atoms with Gasteiger partial charge >= 0.3 is 0 Å². The van der Waals surface area contributed by atoms with Gasteiger partial charge < -0.3 is 4.90 Å². The largest absolute Gasteiger partial charge is 0.337 e. The average Bonchev–Trinajstić information content (AvgIpc) is 3.05. The molecule has 4 nitrogen and oxygen atoms in total. The van der Waals surface area contributed by atoms with E-state index in [1.165, 1.54) is 0 Å². The van der Waals surface area contributed by atoms with Crippen LogP contribution in [0.3, 0.4) is 0 Å². The highest BCUT2D eigenvalue weighted by atomic mass is 35.5. The number of hydrogen-bond acceptors (Lipinski definition) is 2. The molecule has 0 aliphatic rings. The van der Waals surface area contributed by atoms with Gasteiger partial charge in [-0.15, -0.1) is 0 Å². The van der Waals surface area contributed by atoms with Crippen LogP contribution in [0.25, 0.3) is 11.3 Å². The average molecular weight is 334 g/mol. The second kappa shape index (κ2) is 8.73. The summed E-state index contributed by atoms with van der Waals surface area (Å²) < 4.78 is 0. The van der Waals surface area contributed by atoms with Gasteiger partial charge in [-0.05, 0) is 31.0 Å². The second-order valence-electron chi connectivity index (χ2n) is 5.67. The number of benzene rings is 1. The van der Waals surface area contributed by atoms with E-state index >= 15 is 0 Å². The number of rotatable bonds is 8. The van der Waals surface area contributed by atoms with Crippen molar-refractivity contribution in [3.05, 3.63) is 41.0 Å². The SMILES string of the molecule is CCCCN(CCCC)C(=O)c1cc(-c2ccc(Cl)cc2)n[nH]1. The zero-order valence-electron chi connectivity index (χ0n) is 13.8. The van der Waals surface area contributed by atoms with Crippen LogP contribution in [0.1, 0.15) is 50.0 Å². The van der Waals surface area contributed by atoms with Crippen LogP contribution < -0.4 is 0 Å². The smallest absolute Gasteiger partial charge is 0.271 e. The predicted octanol–water partition coefficient (Wildman–Crippen LogP) is 4.77. The summed E-state index contributed by atoms with van der Waals surface area (Å²) in [5.41, 5.74) is 2.25. The van der Waals surface area contributed by atoms with E-state index in [9.17, 15) is 4.79 Å². The molecular formula is C18H24ClN3O. The first kappa shape index (κ1) is 17.5. The maximum Gasteiger partial charge on any atom is 0.271 e. The number of carbonyl (C=O) groups excluding carboxylic acids is 1. The second-order valence-corrected chi connectivity index (χ2v) is 6.11. The Morgan fingerprint density at radius 2 is 1.74 bits per heavy atom. The molecule has 0 atom stereocenters. The van der Waals surface area contributed by atoms with Crippen LogP contribution in [0, 0.1) is 0 Å². The molecule has 0 saturated heterocycles. The molecule has 0 saturated carbocycles. The van der Waals surface area contributed by atoms with Gasteiger partial charge in [0.15, 0.2) is 0 Å². The fourth-order valence-corrected chi connectivity index (χ4v) is 2.51. The Morgan fingerprint density at radius 1 is 1.13 bits per heavy atom. The fourth-order valence-electron chi connectivity index (χ4n) is 2.38. The summed E-state index contributed by atoms with van der Waals surface area (Å²) in [7, 11) is 0. The van der Waals surface area contributed by atoms with Gasteiger partial charge in [0.1, 0.15) is 5.69 Å². The van der Waals surface area contributed by atoms with Crippen LogP contribution in [0.15, 0.2) is 30.3 Å². The third-order valence-electron chi connectivity index (χ3n) is 3.80. The monoisotopic (exact) mass is 333 g/mol. The van der Waals surface area contributed by atoms with Crippen LogP contribution in [0.2, 0.25) is 5.02 Å². The Bertz CT molecular complexity index is 613. The Labute approximate surface area is 142 Å². The van der Waals surface area contributed by atoms with Gasteiger partial charge in [0, 0.05) is 23.7 Å². The van der Waals surface area contributed by atoms with E-state index in [4.69, 9.17) is 11.6 Å². The zero-order valence-corrected chi connectivity index (χ0v) is 14.6. The molecule has 0 bridgehead atoms. The molecule has 0 unspecified atom stereocenters. The molecule has 1 heterocycles. The molecule has 0 radical (unpaired) electrons. The molecule has 2 rings (SSSR count). The van der Waals surface area contributed by atoms with Crippen molar-refractivity contribution in [3.63, 3.8) is 0 Å². The van der Waals surface area contributed by atoms with Gasteiger partial charge in [0.2, 0.25) is 0 Å². The molecule has 0 aliphatic carbocycles. The number of unbranched alkanes of at least 4 members (excludes halogenated alkanes) is 2. The first-order valence-corrected chi connectivity index (χ1v) is 8.64. The number of nitrogens with zero attached hydrogens (tertiary/aromatic N) is 2. The molecule has 0 fully saturated rings. The van der Waals surface area contributed by atoms with E-state index in [0.717, 1.165) is 50.0 Å². The Morgan fingerprint density at radius 3 is 2.30 bits per heavy atom. The van der Waals surface area contributed by atoms with Gasteiger partial charge in [-0.2, -0.15) is 5.10 Å². The number of H-pyrrole nitrogens is 1. The maximum atomic E-state index is 12.7. The molecule has 1 N–H and O–H groups in total. The number of aromatic nitrogens is 2. The van der Waals surface area contributed by atoms with Crippen molar-refractivity contribution >= 4 is 17.5 Å². The molecule has 5 heteroatoms. The van der Waals surface area contributed by atoms with Crippen molar-refractivity contribution in [3.8, 4) is 11.3 Å². The Kier molecular flexibility index (Phi) is 6.66. The van der Waals surface area contributed by atoms with Crippen LogP contribution in [-0.2, 0) is 0 Å². The van der Waals surface area contributed by atoms with Gasteiger partial charge in [-0.1, -0.05) is 50.4 Å². The quantitative estimate of drug-likeness (QED) is 0.756. The number of nitrogens with one attached hydrogen (secondary N) is 1. The molecule has 1 aromatic carbocycles. The highest BCUT2D eigenvalue weighted by Crippen LogP contribution is 2.20. The number of hydrogen-bond donors (Lipinski definition) is 1.